The van der Waals surface area contributed by atoms with E-state index in [0.717, 1.165) is 11.6 Å². The highest BCUT2D eigenvalue weighted by atomic mass is 35.5. The maximum Gasteiger partial charge on any atom is 0.416 e. The van der Waals surface area contributed by atoms with Gasteiger partial charge in [-0.2, -0.15) is 13.2 Å². The van der Waals surface area contributed by atoms with Crippen molar-refractivity contribution in [2.75, 3.05) is 32.2 Å². The number of benzene rings is 2. The van der Waals surface area contributed by atoms with Gasteiger partial charge in [-0.05, 0) is 35.7 Å². The third kappa shape index (κ3) is 5.52. The fourth-order valence-electron chi connectivity index (χ4n) is 4.56. The van der Waals surface area contributed by atoms with Crippen LogP contribution in [0.3, 0.4) is 0 Å². The summed E-state index contributed by atoms with van der Waals surface area (Å²) in [5.74, 6) is 4.49. The second-order valence-electron chi connectivity index (χ2n) is 8.31. The number of nitrogens with zero attached hydrogens (tertiary/aromatic N) is 1. The Balaban J connectivity index is 1.50. The SMILES string of the molecule is Fc1ccc([C@H]2COC3(CC[C@@H](c4ccccc4C(F)(F)F)CO3)CN2CC#CCCl)cc1. The lowest BCUT2D eigenvalue weighted by Crippen LogP contribution is -2.56. The Morgan fingerprint density at radius 3 is 2.42 bits per heavy atom. The van der Waals surface area contributed by atoms with Crippen molar-refractivity contribution in [3.05, 3.63) is 71.0 Å². The topological polar surface area (TPSA) is 21.7 Å². The number of hydrogen-bond donors (Lipinski definition) is 0. The van der Waals surface area contributed by atoms with Gasteiger partial charge in [-0.15, -0.1) is 11.6 Å². The second-order valence-corrected chi connectivity index (χ2v) is 8.58. The highest BCUT2D eigenvalue weighted by Crippen LogP contribution is 2.43. The van der Waals surface area contributed by atoms with Crippen molar-refractivity contribution in [1.29, 1.82) is 0 Å². The third-order valence-corrected chi connectivity index (χ3v) is 6.38. The molecule has 2 fully saturated rings. The molecule has 2 aromatic carbocycles. The minimum absolute atomic E-state index is 0.134. The molecule has 0 amide bonds. The Kier molecular flexibility index (Phi) is 7.30. The molecule has 3 atom stereocenters. The number of morpholine rings is 1. The molecule has 4 rings (SSSR count). The van der Waals surface area contributed by atoms with Crippen LogP contribution >= 0.6 is 11.6 Å². The van der Waals surface area contributed by atoms with Crippen molar-refractivity contribution in [2.24, 2.45) is 0 Å². The zero-order valence-corrected chi connectivity index (χ0v) is 18.6. The van der Waals surface area contributed by atoms with E-state index in [1.807, 2.05) is 0 Å². The number of rotatable bonds is 3. The molecule has 2 aliphatic heterocycles. The Morgan fingerprint density at radius 1 is 1.03 bits per heavy atom. The maximum atomic E-state index is 13.5. The lowest BCUT2D eigenvalue weighted by molar-refractivity contribution is -0.295. The van der Waals surface area contributed by atoms with E-state index in [-0.39, 0.29) is 35.8 Å². The Morgan fingerprint density at radius 2 is 1.76 bits per heavy atom. The first kappa shape index (κ1) is 24.0. The zero-order chi connectivity index (χ0) is 23.5. The molecule has 0 aliphatic carbocycles. The Hall–Kier alpha value is -2.11. The second kappa shape index (κ2) is 10.0. The van der Waals surface area contributed by atoms with E-state index in [9.17, 15) is 17.6 Å². The summed E-state index contributed by atoms with van der Waals surface area (Å²) >= 11 is 5.69. The fourth-order valence-corrected chi connectivity index (χ4v) is 4.66. The normalized spacial score (nSPS) is 26.1. The lowest BCUT2D eigenvalue weighted by Gasteiger charge is -2.49. The van der Waals surface area contributed by atoms with Gasteiger partial charge in [0.2, 0.25) is 0 Å². The Bertz CT molecular complexity index is 1010. The van der Waals surface area contributed by atoms with E-state index in [1.54, 1.807) is 18.2 Å². The largest absolute Gasteiger partial charge is 0.416 e. The standard InChI is InChI=1S/C25H24ClF4NO2/c26-13-3-4-14-31-17-24(33-16-23(31)18-7-9-20(27)10-8-18)12-11-19(15-32-24)21-5-1-2-6-22(21)25(28,29)30/h1-2,5-10,19,23H,11-17H2/t19-,23-,24?/m1/s1. The third-order valence-electron chi connectivity index (χ3n) is 6.25. The minimum Gasteiger partial charge on any atom is -0.348 e. The summed E-state index contributed by atoms with van der Waals surface area (Å²) in [4.78, 5) is 2.10. The number of alkyl halides is 4. The predicted molar refractivity (Wildman–Crippen MR) is 117 cm³/mol. The van der Waals surface area contributed by atoms with Gasteiger partial charge >= 0.3 is 6.18 Å². The van der Waals surface area contributed by atoms with Crippen LogP contribution in [-0.4, -0.2) is 42.9 Å². The average Bonchev–Trinajstić information content (AvgIpc) is 2.80. The van der Waals surface area contributed by atoms with Gasteiger partial charge in [-0.25, -0.2) is 4.39 Å². The van der Waals surface area contributed by atoms with Crippen molar-refractivity contribution in [3.8, 4) is 11.8 Å². The van der Waals surface area contributed by atoms with Crippen molar-refractivity contribution < 1.29 is 27.0 Å². The van der Waals surface area contributed by atoms with Crippen LogP contribution in [0.2, 0.25) is 0 Å². The minimum atomic E-state index is -4.41. The molecule has 0 radical (unpaired) electrons. The van der Waals surface area contributed by atoms with Gasteiger partial charge in [0, 0.05) is 12.3 Å². The first-order chi connectivity index (χ1) is 15.8. The van der Waals surface area contributed by atoms with Gasteiger partial charge in [0.05, 0.1) is 43.8 Å². The van der Waals surface area contributed by atoms with Crippen LogP contribution < -0.4 is 0 Å². The van der Waals surface area contributed by atoms with Gasteiger partial charge in [-0.1, -0.05) is 42.2 Å². The maximum absolute atomic E-state index is 13.5. The van der Waals surface area contributed by atoms with Gasteiger partial charge < -0.3 is 9.47 Å². The van der Waals surface area contributed by atoms with Crippen LogP contribution in [0.1, 0.15) is 41.5 Å². The molecule has 8 heteroatoms. The number of halogens is 5. The van der Waals surface area contributed by atoms with E-state index in [0.29, 0.717) is 32.5 Å². The zero-order valence-electron chi connectivity index (χ0n) is 17.9. The molecule has 3 nitrogen and oxygen atoms in total. The highest BCUT2D eigenvalue weighted by Gasteiger charge is 2.46. The lowest BCUT2D eigenvalue weighted by atomic mass is 9.86. The molecule has 2 heterocycles. The van der Waals surface area contributed by atoms with E-state index in [1.165, 1.54) is 24.3 Å². The summed E-state index contributed by atoms with van der Waals surface area (Å²) in [6.07, 6.45) is -3.44. The Labute approximate surface area is 195 Å². The first-order valence-corrected chi connectivity index (χ1v) is 11.3. The van der Waals surface area contributed by atoms with Crippen molar-refractivity contribution in [3.63, 3.8) is 0 Å². The molecule has 0 N–H and O–H groups in total. The monoisotopic (exact) mass is 481 g/mol. The fraction of sp³-hybridized carbons (Fsp3) is 0.440. The molecule has 176 valence electrons. The molecular weight excluding hydrogens is 458 g/mol. The summed E-state index contributed by atoms with van der Waals surface area (Å²) in [7, 11) is 0. The first-order valence-electron chi connectivity index (χ1n) is 10.8. The number of hydrogen-bond acceptors (Lipinski definition) is 3. The smallest absolute Gasteiger partial charge is 0.348 e. The van der Waals surface area contributed by atoms with Crippen molar-refractivity contribution >= 4 is 11.6 Å². The van der Waals surface area contributed by atoms with E-state index in [4.69, 9.17) is 21.1 Å². The summed E-state index contributed by atoms with van der Waals surface area (Å²) in [6.45, 7) is 1.26. The molecule has 1 unspecified atom stereocenters. The van der Waals surface area contributed by atoms with Gasteiger partial charge in [0.25, 0.3) is 0 Å². The average molecular weight is 482 g/mol. The summed E-state index contributed by atoms with van der Waals surface area (Å²) in [6, 6.07) is 11.8. The highest BCUT2D eigenvalue weighted by molar-refractivity contribution is 6.19. The van der Waals surface area contributed by atoms with E-state index in [2.05, 4.69) is 16.7 Å². The van der Waals surface area contributed by atoms with E-state index < -0.39 is 17.5 Å². The summed E-state index contributed by atoms with van der Waals surface area (Å²) in [5.41, 5.74) is 0.532. The molecule has 2 saturated heterocycles. The molecule has 2 aliphatic rings. The van der Waals surface area contributed by atoms with E-state index >= 15 is 0 Å². The summed E-state index contributed by atoms with van der Waals surface area (Å²) in [5, 5.41) is 0. The van der Waals surface area contributed by atoms with Crippen molar-refractivity contribution in [2.45, 2.75) is 36.8 Å². The van der Waals surface area contributed by atoms with Crippen LogP contribution in [0.25, 0.3) is 0 Å². The summed E-state index contributed by atoms with van der Waals surface area (Å²) < 4.78 is 66.1. The van der Waals surface area contributed by atoms with Gasteiger partial charge in [0.1, 0.15) is 5.82 Å². The predicted octanol–water partition coefficient (Wildman–Crippen LogP) is 5.75. The van der Waals surface area contributed by atoms with Gasteiger partial charge in [0.15, 0.2) is 5.79 Å². The molecule has 0 bridgehead atoms. The van der Waals surface area contributed by atoms with Crippen LogP contribution in [0.5, 0.6) is 0 Å². The quantitative estimate of drug-likeness (QED) is 0.316. The molecule has 1 spiro atoms. The molecule has 0 saturated carbocycles. The number of ether oxygens (including phenoxy) is 2. The van der Waals surface area contributed by atoms with Gasteiger partial charge in [-0.3, -0.25) is 4.90 Å². The molecule has 33 heavy (non-hydrogen) atoms. The van der Waals surface area contributed by atoms with Crippen LogP contribution in [0, 0.1) is 17.7 Å². The molecular formula is C25H24ClF4NO2. The van der Waals surface area contributed by atoms with Crippen LogP contribution in [0.15, 0.2) is 48.5 Å². The molecule has 0 aromatic heterocycles. The molecule has 2 aromatic rings. The van der Waals surface area contributed by atoms with Crippen LogP contribution in [0.4, 0.5) is 17.6 Å². The van der Waals surface area contributed by atoms with Crippen molar-refractivity contribution in [1.82, 2.24) is 4.90 Å². The van der Waals surface area contributed by atoms with Crippen LogP contribution in [-0.2, 0) is 15.7 Å².